The highest BCUT2D eigenvalue weighted by Gasteiger charge is 2.42. The van der Waals surface area contributed by atoms with Gasteiger partial charge in [-0.05, 0) is 6.42 Å². The number of carboxylic acid groups (broad SMARTS) is 2. The van der Waals surface area contributed by atoms with Crippen molar-refractivity contribution in [2.24, 2.45) is 11.5 Å². The van der Waals surface area contributed by atoms with E-state index in [0.29, 0.717) is 0 Å². The van der Waals surface area contributed by atoms with Gasteiger partial charge in [0, 0.05) is 6.42 Å². The van der Waals surface area contributed by atoms with E-state index >= 15 is 0 Å². The van der Waals surface area contributed by atoms with E-state index in [1.165, 1.54) is 0 Å². The Kier molecular flexibility index (Phi) is 7.12. The normalized spacial score (nSPS) is 14.5. The molecule has 0 aliphatic heterocycles. The molecule has 0 aromatic rings. The molecule has 0 radical (unpaired) electrons. The average Bonchev–Trinajstić information content (AvgIpc) is 2.33. The monoisotopic (exact) mass is 320 g/mol. The lowest BCUT2D eigenvalue weighted by atomic mass is 9.96. The van der Waals surface area contributed by atoms with Crippen molar-refractivity contribution in [3.05, 3.63) is 0 Å². The summed E-state index contributed by atoms with van der Waals surface area (Å²) in [5.74, 6) is -7.07. The van der Waals surface area contributed by atoms with Gasteiger partial charge < -0.3 is 31.5 Å². The Labute approximate surface area is 123 Å². The third kappa shape index (κ3) is 6.76. The summed E-state index contributed by atoms with van der Waals surface area (Å²) in [7, 11) is 0. The van der Waals surface area contributed by atoms with Gasteiger partial charge in [0.1, 0.15) is 6.04 Å². The first kappa shape index (κ1) is 19.5. The van der Waals surface area contributed by atoms with Gasteiger partial charge in [0.25, 0.3) is 0 Å². The van der Waals surface area contributed by atoms with Gasteiger partial charge >= 0.3 is 23.9 Å². The molecule has 124 valence electrons. The highest BCUT2D eigenvalue weighted by molar-refractivity contribution is 5.93. The molecule has 22 heavy (non-hydrogen) atoms. The maximum atomic E-state index is 11.4. The van der Waals surface area contributed by atoms with Crippen LogP contribution in [0.3, 0.4) is 0 Å². The van der Waals surface area contributed by atoms with Crippen LogP contribution in [0.5, 0.6) is 0 Å². The molecular formula is C11H16N2O9. The van der Waals surface area contributed by atoms with Gasteiger partial charge in [0.2, 0.25) is 5.91 Å². The second kappa shape index (κ2) is 8.05. The Morgan fingerprint density at radius 3 is 2.05 bits per heavy atom. The second-order valence-electron chi connectivity index (χ2n) is 4.49. The molecule has 0 aromatic carbocycles. The molecule has 0 spiro atoms. The Bertz CT molecular complexity index is 490. The maximum Gasteiger partial charge on any atom is 0.336 e. The molecule has 0 saturated carbocycles. The predicted molar refractivity (Wildman–Crippen MR) is 67.0 cm³/mol. The molecule has 0 aliphatic carbocycles. The molecule has 0 rings (SSSR count). The SMILES string of the molecule is NC(=O)CC[C@H](N)C(=O)OC(=O)CC(O)(CC(=O)O)C(=O)O. The average molecular weight is 320 g/mol. The lowest BCUT2D eigenvalue weighted by Gasteiger charge is -2.20. The van der Waals surface area contributed by atoms with Crippen LogP contribution in [0.15, 0.2) is 0 Å². The fraction of sp³-hybridized carbons (Fsp3) is 0.545. The van der Waals surface area contributed by atoms with E-state index in [0.717, 1.165) is 0 Å². The summed E-state index contributed by atoms with van der Waals surface area (Å²) < 4.78 is 4.20. The second-order valence-corrected chi connectivity index (χ2v) is 4.49. The minimum Gasteiger partial charge on any atom is -0.481 e. The van der Waals surface area contributed by atoms with Crippen molar-refractivity contribution in [2.75, 3.05) is 0 Å². The summed E-state index contributed by atoms with van der Waals surface area (Å²) in [4.78, 5) is 54.6. The minimum atomic E-state index is -2.92. The fourth-order valence-electron chi connectivity index (χ4n) is 1.34. The summed E-state index contributed by atoms with van der Waals surface area (Å²) in [6.45, 7) is 0. The van der Waals surface area contributed by atoms with E-state index in [9.17, 15) is 29.1 Å². The fourth-order valence-corrected chi connectivity index (χ4v) is 1.34. The van der Waals surface area contributed by atoms with Crippen LogP contribution in [0, 0.1) is 0 Å². The predicted octanol–water partition coefficient (Wildman–Crippen LogP) is -2.67. The lowest BCUT2D eigenvalue weighted by Crippen LogP contribution is -2.44. The molecule has 1 unspecified atom stereocenters. The van der Waals surface area contributed by atoms with Gasteiger partial charge in [-0.2, -0.15) is 0 Å². The molecule has 7 N–H and O–H groups in total. The first-order chi connectivity index (χ1) is 9.97. The van der Waals surface area contributed by atoms with E-state index in [-0.39, 0.29) is 12.8 Å². The van der Waals surface area contributed by atoms with Crippen molar-refractivity contribution in [2.45, 2.75) is 37.3 Å². The number of rotatable bonds is 9. The number of hydrogen-bond donors (Lipinski definition) is 5. The number of esters is 2. The number of amides is 1. The number of aliphatic carboxylic acids is 2. The molecule has 0 aliphatic rings. The molecule has 0 fully saturated rings. The number of ether oxygens (including phenoxy) is 1. The van der Waals surface area contributed by atoms with E-state index in [2.05, 4.69) is 4.74 Å². The van der Waals surface area contributed by atoms with Crippen molar-refractivity contribution in [1.29, 1.82) is 0 Å². The van der Waals surface area contributed by atoms with E-state index < -0.39 is 54.3 Å². The van der Waals surface area contributed by atoms with Crippen LogP contribution in [0.25, 0.3) is 0 Å². The zero-order valence-corrected chi connectivity index (χ0v) is 11.4. The van der Waals surface area contributed by atoms with Crippen molar-refractivity contribution in [3.8, 4) is 0 Å². The Morgan fingerprint density at radius 2 is 1.64 bits per heavy atom. The number of carbonyl (C=O) groups is 5. The summed E-state index contributed by atoms with van der Waals surface area (Å²) in [5, 5.41) is 26.8. The number of hydrogen-bond acceptors (Lipinski definition) is 8. The first-order valence-corrected chi connectivity index (χ1v) is 5.94. The van der Waals surface area contributed by atoms with Crippen molar-refractivity contribution in [1.82, 2.24) is 0 Å². The largest absolute Gasteiger partial charge is 0.481 e. The van der Waals surface area contributed by atoms with Crippen LogP contribution in [0.1, 0.15) is 25.7 Å². The highest BCUT2D eigenvalue weighted by atomic mass is 16.6. The highest BCUT2D eigenvalue weighted by Crippen LogP contribution is 2.17. The summed E-state index contributed by atoms with van der Waals surface area (Å²) in [5.41, 5.74) is 7.23. The van der Waals surface area contributed by atoms with Gasteiger partial charge in [-0.3, -0.25) is 14.4 Å². The van der Waals surface area contributed by atoms with Crippen LogP contribution < -0.4 is 11.5 Å². The van der Waals surface area contributed by atoms with Crippen LogP contribution in [-0.4, -0.2) is 56.7 Å². The van der Waals surface area contributed by atoms with Gasteiger partial charge in [0.15, 0.2) is 5.60 Å². The Morgan fingerprint density at radius 1 is 1.09 bits per heavy atom. The summed E-state index contributed by atoms with van der Waals surface area (Å²) >= 11 is 0. The van der Waals surface area contributed by atoms with Crippen LogP contribution in [-0.2, 0) is 28.7 Å². The molecule has 2 atom stereocenters. The van der Waals surface area contributed by atoms with Crippen molar-refractivity contribution >= 4 is 29.8 Å². The molecular weight excluding hydrogens is 304 g/mol. The topological polar surface area (TPSA) is 207 Å². The zero-order chi connectivity index (χ0) is 17.5. The molecule has 11 nitrogen and oxygen atoms in total. The standard InChI is InChI=1S/C11H16N2O9/c12-5(1-2-6(13)14)9(18)22-8(17)4-11(21,10(19)20)3-7(15)16/h5,21H,1-4,12H2,(H2,13,14)(H,15,16)(H,19,20)/t5-,11?/m0/s1. The van der Waals surface area contributed by atoms with E-state index in [1.54, 1.807) is 0 Å². The maximum absolute atomic E-state index is 11.4. The molecule has 0 heterocycles. The first-order valence-electron chi connectivity index (χ1n) is 5.94. The number of aliphatic hydroxyl groups is 1. The summed E-state index contributed by atoms with van der Waals surface area (Å²) in [6, 6.07) is -1.35. The number of nitrogens with two attached hydrogens (primary N) is 2. The quantitative estimate of drug-likeness (QED) is 0.220. The van der Waals surface area contributed by atoms with Crippen LogP contribution in [0.4, 0.5) is 0 Å². The van der Waals surface area contributed by atoms with E-state index in [1.807, 2.05) is 0 Å². The molecule has 11 heteroatoms. The molecule has 0 saturated heterocycles. The third-order valence-corrected chi connectivity index (χ3v) is 2.50. The Balaban J connectivity index is 4.64. The molecule has 1 amide bonds. The molecule has 0 bridgehead atoms. The van der Waals surface area contributed by atoms with E-state index in [4.69, 9.17) is 21.7 Å². The zero-order valence-electron chi connectivity index (χ0n) is 11.4. The van der Waals surface area contributed by atoms with Gasteiger partial charge in [-0.1, -0.05) is 0 Å². The number of carboxylic acids is 2. The van der Waals surface area contributed by atoms with Crippen molar-refractivity contribution in [3.63, 3.8) is 0 Å². The van der Waals surface area contributed by atoms with Crippen molar-refractivity contribution < 1.29 is 44.0 Å². The third-order valence-electron chi connectivity index (χ3n) is 2.50. The Hall–Kier alpha value is -2.53. The smallest absolute Gasteiger partial charge is 0.336 e. The van der Waals surface area contributed by atoms with Gasteiger partial charge in [-0.15, -0.1) is 0 Å². The lowest BCUT2D eigenvalue weighted by molar-refractivity contribution is -0.175. The van der Waals surface area contributed by atoms with Gasteiger partial charge in [0.05, 0.1) is 12.8 Å². The number of primary amides is 1. The molecule has 0 aromatic heterocycles. The minimum absolute atomic E-state index is 0.195. The van der Waals surface area contributed by atoms with Gasteiger partial charge in [-0.25, -0.2) is 9.59 Å². The summed E-state index contributed by atoms with van der Waals surface area (Å²) in [6.07, 6.45) is -2.95. The van der Waals surface area contributed by atoms with Crippen LogP contribution in [0.2, 0.25) is 0 Å². The van der Waals surface area contributed by atoms with Crippen LogP contribution >= 0.6 is 0 Å². The number of carbonyl (C=O) groups excluding carboxylic acids is 3.